The molecule has 0 saturated heterocycles. The number of carbonyl (C=O) groups excluding carboxylic acids is 1. The van der Waals surface area contributed by atoms with E-state index in [1.54, 1.807) is 13.3 Å². The third kappa shape index (κ3) is 4.73. The normalized spacial score (nSPS) is 15.2. The Morgan fingerprint density at radius 2 is 1.70 bits per heavy atom. The molecule has 0 unspecified atom stereocenters. The summed E-state index contributed by atoms with van der Waals surface area (Å²) in [5.41, 5.74) is 2.22. The van der Waals surface area contributed by atoms with Crippen LogP contribution in [0.2, 0.25) is 0 Å². The Kier molecular flexibility index (Phi) is 6.47. The average Bonchev–Trinajstić information content (AvgIpc) is 3.25. The van der Waals surface area contributed by atoms with E-state index in [4.69, 9.17) is 9.15 Å². The zero-order valence-electron chi connectivity index (χ0n) is 17.4. The number of carbonyl (C=O) groups is 1. The SMILES string of the molecule is COc1ccc(-c2cnc(-c3ccccc3C(=O)NC3CCCCCCC3)o2)cc1. The average molecular weight is 405 g/mol. The van der Waals surface area contributed by atoms with Crippen molar-refractivity contribution in [2.45, 2.75) is 51.0 Å². The third-order valence-corrected chi connectivity index (χ3v) is 5.72. The highest BCUT2D eigenvalue weighted by Crippen LogP contribution is 2.29. The van der Waals surface area contributed by atoms with Crippen molar-refractivity contribution in [2.24, 2.45) is 0 Å². The molecule has 1 heterocycles. The van der Waals surface area contributed by atoms with E-state index in [0.717, 1.165) is 24.2 Å². The summed E-state index contributed by atoms with van der Waals surface area (Å²) in [6.07, 6.45) is 9.98. The van der Waals surface area contributed by atoms with Crippen LogP contribution in [-0.2, 0) is 0 Å². The molecule has 1 saturated carbocycles. The molecule has 30 heavy (non-hydrogen) atoms. The molecule has 4 rings (SSSR count). The van der Waals surface area contributed by atoms with Gasteiger partial charge in [-0.25, -0.2) is 4.98 Å². The van der Waals surface area contributed by atoms with Gasteiger partial charge in [-0.05, 0) is 49.2 Å². The lowest BCUT2D eigenvalue weighted by Gasteiger charge is -2.21. The number of nitrogens with zero attached hydrogens (tertiary/aromatic N) is 1. The first-order valence-electron chi connectivity index (χ1n) is 10.7. The predicted octanol–water partition coefficient (Wildman–Crippen LogP) is 5.86. The van der Waals surface area contributed by atoms with Gasteiger partial charge in [-0.3, -0.25) is 4.79 Å². The topological polar surface area (TPSA) is 64.4 Å². The van der Waals surface area contributed by atoms with Crippen LogP contribution in [0.1, 0.15) is 55.3 Å². The lowest BCUT2D eigenvalue weighted by Crippen LogP contribution is -2.35. The van der Waals surface area contributed by atoms with Gasteiger partial charge in [0.1, 0.15) is 5.75 Å². The predicted molar refractivity (Wildman–Crippen MR) is 118 cm³/mol. The summed E-state index contributed by atoms with van der Waals surface area (Å²) in [6.45, 7) is 0. The van der Waals surface area contributed by atoms with Crippen LogP contribution < -0.4 is 10.1 Å². The fraction of sp³-hybridized carbons (Fsp3) is 0.360. The zero-order valence-corrected chi connectivity index (χ0v) is 17.4. The lowest BCUT2D eigenvalue weighted by molar-refractivity contribution is 0.0931. The molecule has 5 nitrogen and oxygen atoms in total. The van der Waals surface area contributed by atoms with E-state index in [1.165, 1.54) is 32.1 Å². The highest BCUT2D eigenvalue weighted by Gasteiger charge is 2.20. The number of hydrogen-bond donors (Lipinski definition) is 1. The zero-order chi connectivity index (χ0) is 20.8. The van der Waals surface area contributed by atoms with Gasteiger partial charge in [0.05, 0.1) is 18.9 Å². The minimum Gasteiger partial charge on any atom is -0.497 e. The molecular formula is C25H28N2O3. The van der Waals surface area contributed by atoms with Crippen molar-refractivity contribution in [2.75, 3.05) is 7.11 Å². The highest BCUT2D eigenvalue weighted by molar-refractivity contribution is 6.00. The number of nitrogens with one attached hydrogen (secondary N) is 1. The summed E-state index contributed by atoms with van der Waals surface area (Å²) in [7, 11) is 1.64. The van der Waals surface area contributed by atoms with E-state index in [0.29, 0.717) is 22.8 Å². The molecule has 0 atom stereocenters. The Bertz CT molecular complexity index is 970. The van der Waals surface area contributed by atoms with E-state index < -0.39 is 0 Å². The largest absolute Gasteiger partial charge is 0.497 e. The fourth-order valence-electron chi connectivity index (χ4n) is 4.02. The molecule has 1 aromatic heterocycles. The van der Waals surface area contributed by atoms with Crippen LogP contribution in [0.3, 0.4) is 0 Å². The van der Waals surface area contributed by atoms with Crippen molar-refractivity contribution in [3.63, 3.8) is 0 Å². The second-order valence-electron chi connectivity index (χ2n) is 7.82. The monoisotopic (exact) mass is 404 g/mol. The van der Waals surface area contributed by atoms with Crippen LogP contribution in [0.25, 0.3) is 22.8 Å². The van der Waals surface area contributed by atoms with Crippen LogP contribution in [0.15, 0.2) is 59.1 Å². The molecule has 2 aromatic carbocycles. The Morgan fingerprint density at radius 3 is 2.43 bits per heavy atom. The van der Waals surface area contributed by atoms with Gasteiger partial charge in [-0.15, -0.1) is 0 Å². The summed E-state index contributed by atoms with van der Waals surface area (Å²) < 4.78 is 11.2. The molecule has 1 N–H and O–H groups in total. The van der Waals surface area contributed by atoms with Gasteiger partial charge < -0.3 is 14.5 Å². The molecule has 1 amide bonds. The number of amides is 1. The fourth-order valence-corrected chi connectivity index (χ4v) is 4.02. The molecule has 0 radical (unpaired) electrons. The number of methoxy groups -OCH3 is 1. The Hall–Kier alpha value is -3.08. The number of hydrogen-bond acceptors (Lipinski definition) is 4. The van der Waals surface area contributed by atoms with Gasteiger partial charge >= 0.3 is 0 Å². The highest BCUT2D eigenvalue weighted by atomic mass is 16.5. The minimum absolute atomic E-state index is 0.0552. The van der Waals surface area contributed by atoms with Gasteiger partial charge in [0, 0.05) is 17.2 Å². The van der Waals surface area contributed by atoms with E-state index in [1.807, 2.05) is 48.5 Å². The van der Waals surface area contributed by atoms with Crippen molar-refractivity contribution in [3.05, 3.63) is 60.3 Å². The summed E-state index contributed by atoms with van der Waals surface area (Å²) in [5.74, 6) is 1.84. The minimum atomic E-state index is -0.0552. The number of aromatic nitrogens is 1. The smallest absolute Gasteiger partial charge is 0.252 e. The molecule has 5 heteroatoms. The van der Waals surface area contributed by atoms with Crippen LogP contribution in [0, 0.1) is 0 Å². The van der Waals surface area contributed by atoms with E-state index >= 15 is 0 Å². The summed E-state index contributed by atoms with van der Waals surface area (Å²) in [5, 5.41) is 3.24. The quantitative estimate of drug-likeness (QED) is 0.578. The van der Waals surface area contributed by atoms with Crippen molar-refractivity contribution in [1.82, 2.24) is 10.3 Å². The van der Waals surface area contributed by atoms with Crippen LogP contribution in [0.4, 0.5) is 0 Å². The van der Waals surface area contributed by atoms with E-state index in [9.17, 15) is 4.79 Å². The molecule has 1 aliphatic rings. The maximum absolute atomic E-state index is 13.1. The number of oxazole rings is 1. The summed E-state index contributed by atoms with van der Waals surface area (Å²) in [4.78, 5) is 17.5. The van der Waals surface area contributed by atoms with Crippen molar-refractivity contribution in [3.8, 4) is 28.5 Å². The van der Waals surface area contributed by atoms with E-state index in [2.05, 4.69) is 10.3 Å². The maximum Gasteiger partial charge on any atom is 0.252 e. The standard InChI is InChI=1S/C25H28N2O3/c1-29-20-15-13-18(14-16-20)23-17-26-25(30-23)22-12-8-7-11-21(22)24(28)27-19-9-5-3-2-4-6-10-19/h7-8,11-17,19H,2-6,9-10H2,1H3,(H,27,28). The second kappa shape index (κ2) is 9.61. The molecular weight excluding hydrogens is 376 g/mol. The van der Waals surface area contributed by atoms with Crippen molar-refractivity contribution < 1.29 is 13.9 Å². The van der Waals surface area contributed by atoms with Crippen LogP contribution in [-0.4, -0.2) is 24.0 Å². The molecule has 156 valence electrons. The summed E-state index contributed by atoms with van der Waals surface area (Å²) in [6, 6.07) is 15.4. The van der Waals surface area contributed by atoms with Gasteiger partial charge in [0.15, 0.2) is 5.76 Å². The van der Waals surface area contributed by atoms with E-state index in [-0.39, 0.29) is 11.9 Å². The Balaban J connectivity index is 1.54. The van der Waals surface area contributed by atoms with Gasteiger partial charge in [0.25, 0.3) is 5.91 Å². The van der Waals surface area contributed by atoms with Crippen LogP contribution in [0.5, 0.6) is 5.75 Å². The summed E-state index contributed by atoms with van der Waals surface area (Å²) >= 11 is 0. The molecule has 1 aliphatic carbocycles. The number of rotatable bonds is 5. The molecule has 0 spiro atoms. The van der Waals surface area contributed by atoms with Crippen LogP contribution >= 0.6 is 0 Å². The van der Waals surface area contributed by atoms with Gasteiger partial charge in [-0.2, -0.15) is 0 Å². The Labute approximate surface area is 177 Å². The van der Waals surface area contributed by atoms with Gasteiger partial charge in [-0.1, -0.05) is 44.2 Å². The lowest BCUT2D eigenvalue weighted by atomic mass is 9.96. The maximum atomic E-state index is 13.1. The first-order chi connectivity index (χ1) is 14.7. The van der Waals surface area contributed by atoms with Crippen molar-refractivity contribution in [1.29, 1.82) is 0 Å². The van der Waals surface area contributed by atoms with Crippen molar-refractivity contribution >= 4 is 5.91 Å². The third-order valence-electron chi connectivity index (χ3n) is 5.72. The first kappa shape index (κ1) is 20.2. The molecule has 3 aromatic rings. The number of benzene rings is 2. The second-order valence-corrected chi connectivity index (χ2v) is 7.82. The molecule has 1 fully saturated rings. The Morgan fingerprint density at radius 1 is 1.00 bits per heavy atom. The van der Waals surface area contributed by atoms with Gasteiger partial charge in [0.2, 0.25) is 5.89 Å². The number of ether oxygens (including phenoxy) is 1. The molecule has 0 aliphatic heterocycles. The molecule has 0 bridgehead atoms. The first-order valence-corrected chi connectivity index (χ1v) is 10.7.